The van der Waals surface area contributed by atoms with Crippen molar-refractivity contribution in [3.05, 3.63) is 59.7 Å². The minimum atomic E-state index is -0.838. The Hall–Kier alpha value is -2.43. The summed E-state index contributed by atoms with van der Waals surface area (Å²) in [6.45, 7) is 3.47. The summed E-state index contributed by atoms with van der Waals surface area (Å²) in [5.74, 6) is -1.35. The highest BCUT2D eigenvalue weighted by molar-refractivity contribution is 5.94. The highest BCUT2D eigenvalue weighted by Crippen LogP contribution is 2.17. The zero-order valence-electron chi connectivity index (χ0n) is 11.7. The molecule has 0 aliphatic carbocycles. The first kappa shape index (κ1) is 15.0. The average molecular weight is 291 g/mol. The zero-order valence-corrected chi connectivity index (χ0v) is 11.7. The fraction of sp³-hybridized carbons (Fsp3) is 0.188. The van der Waals surface area contributed by atoms with Gasteiger partial charge >= 0.3 is 0 Å². The Balaban J connectivity index is 2.02. The maximum Gasteiger partial charge on any atom is 0.265 e. The molecule has 0 saturated heterocycles. The second kappa shape index (κ2) is 6.35. The predicted octanol–water partition coefficient (Wildman–Crippen LogP) is 3.68. The van der Waals surface area contributed by atoms with Gasteiger partial charge in [-0.05, 0) is 38.1 Å². The first-order valence-electron chi connectivity index (χ1n) is 6.45. The predicted molar refractivity (Wildman–Crippen MR) is 76.3 cm³/mol. The normalized spacial score (nSPS) is 11.8. The molecule has 1 amide bonds. The first-order valence-corrected chi connectivity index (χ1v) is 6.45. The Bertz CT molecular complexity index is 641. The zero-order chi connectivity index (χ0) is 15.4. The van der Waals surface area contributed by atoms with Crippen molar-refractivity contribution in [1.29, 1.82) is 0 Å². The van der Waals surface area contributed by atoms with E-state index in [9.17, 15) is 13.6 Å². The van der Waals surface area contributed by atoms with Crippen molar-refractivity contribution >= 4 is 11.6 Å². The molecule has 2 aromatic carbocycles. The van der Waals surface area contributed by atoms with Crippen molar-refractivity contribution in [1.82, 2.24) is 0 Å². The van der Waals surface area contributed by atoms with E-state index in [1.54, 1.807) is 12.1 Å². The summed E-state index contributed by atoms with van der Waals surface area (Å²) in [4.78, 5) is 11.9. The number of carbonyl (C=O) groups is 1. The number of ether oxygens (including phenoxy) is 1. The molecule has 21 heavy (non-hydrogen) atoms. The fourth-order valence-electron chi connectivity index (χ4n) is 1.70. The molecule has 3 nitrogen and oxygen atoms in total. The van der Waals surface area contributed by atoms with Crippen LogP contribution in [0.4, 0.5) is 14.5 Å². The molecule has 0 heterocycles. The lowest BCUT2D eigenvalue weighted by molar-refractivity contribution is -0.122. The molecule has 2 rings (SSSR count). The van der Waals surface area contributed by atoms with Crippen LogP contribution in [0.1, 0.15) is 12.5 Å². The van der Waals surface area contributed by atoms with E-state index in [0.717, 1.165) is 23.8 Å². The van der Waals surface area contributed by atoms with E-state index in [2.05, 4.69) is 5.32 Å². The van der Waals surface area contributed by atoms with E-state index in [-0.39, 0.29) is 5.69 Å². The van der Waals surface area contributed by atoms with E-state index in [1.165, 1.54) is 6.92 Å². The summed E-state index contributed by atoms with van der Waals surface area (Å²) >= 11 is 0. The summed E-state index contributed by atoms with van der Waals surface area (Å²) in [5, 5.41) is 2.30. The number of benzene rings is 2. The molecular formula is C16H15F2NO2. The van der Waals surface area contributed by atoms with Crippen LogP contribution in [0.3, 0.4) is 0 Å². The summed E-state index contributed by atoms with van der Waals surface area (Å²) in [5.41, 5.74) is 0.862. The molecule has 0 aliphatic heterocycles. The third kappa shape index (κ3) is 4.02. The van der Waals surface area contributed by atoms with E-state index >= 15 is 0 Å². The smallest absolute Gasteiger partial charge is 0.265 e. The van der Waals surface area contributed by atoms with Crippen LogP contribution in [0.25, 0.3) is 0 Å². The molecule has 1 atom stereocenters. The maximum absolute atomic E-state index is 13.4. The quantitative estimate of drug-likeness (QED) is 0.933. The topological polar surface area (TPSA) is 38.3 Å². The number of carbonyl (C=O) groups excluding carboxylic acids is 1. The minimum absolute atomic E-state index is 0.209. The van der Waals surface area contributed by atoms with Crippen molar-refractivity contribution in [2.24, 2.45) is 0 Å². The van der Waals surface area contributed by atoms with Gasteiger partial charge in [-0.15, -0.1) is 0 Å². The molecule has 1 N–H and O–H groups in total. The van der Waals surface area contributed by atoms with Crippen LogP contribution >= 0.6 is 0 Å². The van der Waals surface area contributed by atoms with Gasteiger partial charge in [-0.25, -0.2) is 8.78 Å². The molecule has 0 bridgehead atoms. The summed E-state index contributed by atoms with van der Waals surface area (Å²) in [6, 6.07) is 10.0. The first-order chi connectivity index (χ1) is 9.95. The lowest BCUT2D eigenvalue weighted by Crippen LogP contribution is -2.30. The SMILES string of the molecule is Cc1ccc(OC(C)C(=O)Nc2cc(F)ccc2F)cc1. The van der Waals surface area contributed by atoms with Gasteiger partial charge in [-0.1, -0.05) is 17.7 Å². The molecule has 0 radical (unpaired) electrons. The molecule has 0 spiro atoms. The molecule has 0 saturated carbocycles. The number of aryl methyl sites for hydroxylation is 1. The number of halogens is 2. The standard InChI is InChI=1S/C16H15F2NO2/c1-10-3-6-13(7-4-10)21-11(2)16(20)19-15-9-12(17)5-8-14(15)18/h3-9,11H,1-2H3,(H,19,20). The number of anilines is 1. The molecule has 110 valence electrons. The van der Waals surface area contributed by atoms with Crippen molar-refractivity contribution in [2.75, 3.05) is 5.32 Å². The molecular weight excluding hydrogens is 276 g/mol. The Kier molecular flexibility index (Phi) is 4.52. The Labute approximate surface area is 121 Å². The van der Waals surface area contributed by atoms with Gasteiger partial charge in [0.15, 0.2) is 6.10 Å². The van der Waals surface area contributed by atoms with Crippen molar-refractivity contribution in [3.8, 4) is 5.75 Å². The van der Waals surface area contributed by atoms with Crippen LogP contribution in [0.15, 0.2) is 42.5 Å². The van der Waals surface area contributed by atoms with Crippen LogP contribution < -0.4 is 10.1 Å². The van der Waals surface area contributed by atoms with Crippen LogP contribution in [0.5, 0.6) is 5.75 Å². The van der Waals surface area contributed by atoms with Gasteiger partial charge in [0, 0.05) is 6.07 Å². The summed E-state index contributed by atoms with van der Waals surface area (Å²) < 4.78 is 31.9. The molecule has 1 unspecified atom stereocenters. The minimum Gasteiger partial charge on any atom is -0.481 e. The van der Waals surface area contributed by atoms with Crippen LogP contribution in [0.2, 0.25) is 0 Å². The van der Waals surface area contributed by atoms with E-state index in [1.807, 2.05) is 19.1 Å². The number of nitrogens with one attached hydrogen (secondary N) is 1. The van der Waals surface area contributed by atoms with Crippen LogP contribution in [0, 0.1) is 18.6 Å². The molecule has 0 fully saturated rings. The van der Waals surface area contributed by atoms with E-state index in [4.69, 9.17) is 4.74 Å². The lowest BCUT2D eigenvalue weighted by atomic mass is 10.2. The van der Waals surface area contributed by atoms with Gasteiger partial charge in [0.2, 0.25) is 0 Å². The summed E-state index contributed by atoms with van der Waals surface area (Å²) in [6.07, 6.45) is -0.838. The van der Waals surface area contributed by atoms with E-state index in [0.29, 0.717) is 5.75 Å². The van der Waals surface area contributed by atoms with Crippen LogP contribution in [-0.4, -0.2) is 12.0 Å². The molecule has 2 aromatic rings. The Morgan fingerprint density at radius 2 is 1.81 bits per heavy atom. The number of amides is 1. The molecule has 0 aliphatic rings. The van der Waals surface area contributed by atoms with Crippen molar-refractivity contribution < 1.29 is 18.3 Å². The highest BCUT2D eigenvalue weighted by atomic mass is 19.1. The largest absolute Gasteiger partial charge is 0.481 e. The highest BCUT2D eigenvalue weighted by Gasteiger charge is 2.16. The van der Waals surface area contributed by atoms with Crippen LogP contribution in [-0.2, 0) is 4.79 Å². The Morgan fingerprint density at radius 1 is 1.14 bits per heavy atom. The van der Waals surface area contributed by atoms with Crippen molar-refractivity contribution in [2.45, 2.75) is 20.0 Å². The third-order valence-corrected chi connectivity index (χ3v) is 2.89. The number of rotatable bonds is 4. The molecule has 0 aromatic heterocycles. The average Bonchev–Trinajstić information content (AvgIpc) is 2.45. The summed E-state index contributed by atoms with van der Waals surface area (Å²) in [7, 11) is 0. The van der Waals surface area contributed by atoms with Gasteiger partial charge in [-0.3, -0.25) is 4.79 Å². The second-order valence-electron chi connectivity index (χ2n) is 4.69. The number of hydrogen-bond donors (Lipinski definition) is 1. The van der Waals surface area contributed by atoms with Gasteiger partial charge in [-0.2, -0.15) is 0 Å². The monoisotopic (exact) mass is 291 g/mol. The lowest BCUT2D eigenvalue weighted by Gasteiger charge is -2.15. The third-order valence-electron chi connectivity index (χ3n) is 2.89. The van der Waals surface area contributed by atoms with Gasteiger partial charge in [0.1, 0.15) is 17.4 Å². The number of hydrogen-bond acceptors (Lipinski definition) is 2. The fourth-order valence-corrected chi connectivity index (χ4v) is 1.70. The van der Waals surface area contributed by atoms with E-state index < -0.39 is 23.6 Å². The maximum atomic E-state index is 13.4. The van der Waals surface area contributed by atoms with Crippen molar-refractivity contribution in [3.63, 3.8) is 0 Å². The van der Waals surface area contributed by atoms with Gasteiger partial charge < -0.3 is 10.1 Å². The molecule has 5 heteroatoms. The second-order valence-corrected chi connectivity index (χ2v) is 4.69. The van der Waals surface area contributed by atoms with Gasteiger partial charge in [0.25, 0.3) is 5.91 Å². The Morgan fingerprint density at radius 3 is 2.48 bits per heavy atom. The van der Waals surface area contributed by atoms with Gasteiger partial charge in [0.05, 0.1) is 5.69 Å².